The molecule has 2 N–H and O–H groups in total. The maximum atomic E-state index is 10.7. The van der Waals surface area contributed by atoms with E-state index in [0.717, 1.165) is 21.2 Å². The maximum absolute atomic E-state index is 10.7. The van der Waals surface area contributed by atoms with Crippen molar-refractivity contribution in [2.75, 3.05) is 0 Å². The molecule has 122 valence electrons. The zero-order chi connectivity index (χ0) is 16.6. The van der Waals surface area contributed by atoms with Gasteiger partial charge < -0.3 is 10.4 Å². The third-order valence-electron chi connectivity index (χ3n) is 4.95. The minimum atomic E-state index is -0.377. The van der Waals surface area contributed by atoms with Crippen LogP contribution in [-0.2, 0) is 0 Å². The lowest BCUT2D eigenvalue weighted by atomic mass is 9.75. The summed E-state index contributed by atoms with van der Waals surface area (Å²) in [6.07, 6.45) is -0.377. The van der Waals surface area contributed by atoms with Gasteiger partial charge in [-0.2, -0.15) is 0 Å². The molecule has 1 aliphatic heterocycles. The first-order chi connectivity index (χ1) is 11.0. The van der Waals surface area contributed by atoms with E-state index in [0.29, 0.717) is 0 Å². The van der Waals surface area contributed by atoms with Gasteiger partial charge in [-0.25, -0.2) is 0 Å². The fraction of sp³-hybridized carbons (Fsp3) is 0.368. The van der Waals surface area contributed by atoms with Gasteiger partial charge >= 0.3 is 0 Å². The summed E-state index contributed by atoms with van der Waals surface area (Å²) in [5, 5.41) is 15.9. The number of halogens is 2. The van der Waals surface area contributed by atoms with E-state index >= 15 is 0 Å². The summed E-state index contributed by atoms with van der Waals surface area (Å²) in [6.45, 7) is 4.18. The molecule has 0 aromatic heterocycles. The molecule has 2 nitrogen and oxygen atoms in total. The predicted molar refractivity (Wildman–Crippen MR) is 95.9 cm³/mol. The second-order valence-electron chi connectivity index (χ2n) is 6.43. The van der Waals surface area contributed by atoms with Crippen LogP contribution in [-0.4, -0.2) is 11.2 Å². The summed E-state index contributed by atoms with van der Waals surface area (Å²) in [4.78, 5) is 0. The Bertz CT molecular complexity index is 599. The normalized spacial score (nSPS) is 31.1. The molecule has 5 atom stereocenters. The summed E-state index contributed by atoms with van der Waals surface area (Å²) >= 11 is 12.0. The van der Waals surface area contributed by atoms with Crippen molar-refractivity contribution in [1.29, 1.82) is 0 Å². The molecule has 0 bridgehead atoms. The Balaban J connectivity index is 1.92. The summed E-state index contributed by atoms with van der Waals surface area (Å²) in [5.74, 6) is 0.240. The van der Waals surface area contributed by atoms with Crippen LogP contribution >= 0.6 is 23.2 Å². The first-order valence-electron chi connectivity index (χ1n) is 7.92. The summed E-state index contributed by atoms with van der Waals surface area (Å²) in [6, 6.07) is 15.9. The van der Waals surface area contributed by atoms with Crippen LogP contribution in [0.2, 0.25) is 10.0 Å². The average molecular weight is 350 g/mol. The van der Waals surface area contributed by atoms with E-state index in [1.807, 2.05) is 48.5 Å². The van der Waals surface area contributed by atoms with Crippen LogP contribution in [0, 0.1) is 11.8 Å². The van der Waals surface area contributed by atoms with Gasteiger partial charge in [-0.15, -0.1) is 0 Å². The van der Waals surface area contributed by atoms with E-state index in [-0.39, 0.29) is 30.0 Å². The monoisotopic (exact) mass is 349 g/mol. The Morgan fingerprint density at radius 1 is 0.739 bits per heavy atom. The standard InChI is InChI=1S/C19H21Cl2NO/c1-11-17(13-3-7-15(20)8-4-13)22-18(12(2)19(11)23)14-5-9-16(21)10-6-14/h3-12,17-19,22-23H,1-2H3/t11-,12+,17-,18-,19?/m0/s1. The molecule has 2 aromatic rings. The van der Waals surface area contributed by atoms with Crippen molar-refractivity contribution in [2.24, 2.45) is 11.8 Å². The van der Waals surface area contributed by atoms with Crippen molar-refractivity contribution in [1.82, 2.24) is 5.32 Å². The molecule has 1 fully saturated rings. The number of hydrogen-bond donors (Lipinski definition) is 2. The highest BCUT2D eigenvalue weighted by atomic mass is 35.5. The highest BCUT2D eigenvalue weighted by molar-refractivity contribution is 6.30. The fourth-order valence-corrected chi connectivity index (χ4v) is 3.76. The second-order valence-corrected chi connectivity index (χ2v) is 7.31. The minimum absolute atomic E-state index is 0.0825. The molecule has 0 spiro atoms. The lowest BCUT2D eigenvalue weighted by Crippen LogP contribution is -2.48. The maximum Gasteiger partial charge on any atom is 0.0627 e. The van der Waals surface area contributed by atoms with Gasteiger partial charge in [0.1, 0.15) is 0 Å². The Hall–Kier alpha value is -1.06. The Morgan fingerprint density at radius 3 is 1.43 bits per heavy atom. The Morgan fingerprint density at radius 2 is 1.09 bits per heavy atom. The van der Waals surface area contributed by atoms with Crippen LogP contribution in [0.25, 0.3) is 0 Å². The number of nitrogens with one attached hydrogen (secondary N) is 1. The van der Waals surface area contributed by atoms with Gasteiger partial charge in [-0.1, -0.05) is 61.3 Å². The Labute approximate surface area is 147 Å². The molecular formula is C19H21Cl2NO. The lowest BCUT2D eigenvalue weighted by molar-refractivity contribution is -0.00676. The molecule has 1 unspecified atom stereocenters. The molecule has 2 aromatic carbocycles. The van der Waals surface area contributed by atoms with Gasteiger partial charge in [0, 0.05) is 34.0 Å². The van der Waals surface area contributed by atoms with Crippen molar-refractivity contribution in [3.8, 4) is 0 Å². The van der Waals surface area contributed by atoms with Crippen molar-refractivity contribution in [2.45, 2.75) is 32.0 Å². The zero-order valence-corrected chi connectivity index (χ0v) is 14.7. The first-order valence-corrected chi connectivity index (χ1v) is 8.68. The number of aliphatic hydroxyl groups excluding tert-OH is 1. The second kappa shape index (κ2) is 6.82. The van der Waals surface area contributed by atoms with Gasteiger partial charge in [0.15, 0.2) is 0 Å². The largest absolute Gasteiger partial charge is 0.392 e. The van der Waals surface area contributed by atoms with Crippen LogP contribution in [0.15, 0.2) is 48.5 Å². The van der Waals surface area contributed by atoms with Crippen molar-refractivity contribution < 1.29 is 5.11 Å². The number of aliphatic hydroxyl groups is 1. The molecule has 23 heavy (non-hydrogen) atoms. The SMILES string of the molecule is C[C@@H]1C(O)[C@H](C)[C@@H](c2ccc(Cl)cc2)N[C@@H]1c1ccc(Cl)cc1. The van der Waals surface area contributed by atoms with Crippen LogP contribution in [0.5, 0.6) is 0 Å². The number of rotatable bonds is 2. The van der Waals surface area contributed by atoms with Crippen LogP contribution in [0.4, 0.5) is 0 Å². The average Bonchev–Trinajstić information content (AvgIpc) is 2.55. The third-order valence-corrected chi connectivity index (χ3v) is 5.45. The van der Waals surface area contributed by atoms with Gasteiger partial charge in [-0.05, 0) is 35.4 Å². The lowest BCUT2D eigenvalue weighted by Gasteiger charge is -2.44. The number of piperidine rings is 1. The predicted octanol–water partition coefficient (Wildman–Crippen LogP) is 5.01. The molecule has 1 saturated heterocycles. The van der Waals surface area contributed by atoms with Gasteiger partial charge in [0.25, 0.3) is 0 Å². The van der Waals surface area contributed by atoms with E-state index in [1.54, 1.807) is 0 Å². The first kappa shape index (κ1) is 16.8. The molecule has 0 amide bonds. The van der Waals surface area contributed by atoms with Gasteiger partial charge in [0.2, 0.25) is 0 Å². The zero-order valence-electron chi connectivity index (χ0n) is 13.2. The highest BCUT2D eigenvalue weighted by Crippen LogP contribution is 2.40. The summed E-state index contributed by atoms with van der Waals surface area (Å²) < 4.78 is 0. The molecule has 0 saturated carbocycles. The summed E-state index contributed by atoms with van der Waals surface area (Å²) in [7, 11) is 0. The van der Waals surface area contributed by atoms with E-state index in [2.05, 4.69) is 19.2 Å². The summed E-state index contributed by atoms with van der Waals surface area (Å²) in [5.41, 5.74) is 2.29. The number of benzene rings is 2. The quantitative estimate of drug-likeness (QED) is 0.798. The van der Waals surface area contributed by atoms with Crippen molar-refractivity contribution in [3.63, 3.8) is 0 Å². The molecule has 1 aliphatic rings. The van der Waals surface area contributed by atoms with E-state index in [1.165, 1.54) is 0 Å². The third kappa shape index (κ3) is 3.41. The highest BCUT2D eigenvalue weighted by Gasteiger charge is 2.40. The van der Waals surface area contributed by atoms with Crippen LogP contribution in [0.1, 0.15) is 37.1 Å². The van der Waals surface area contributed by atoms with Gasteiger partial charge in [-0.3, -0.25) is 0 Å². The molecular weight excluding hydrogens is 329 g/mol. The molecule has 1 heterocycles. The van der Waals surface area contributed by atoms with Crippen molar-refractivity contribution in [3.05, 3.63) is 69.7 Å². The van der Waals surface area contributed by atoms with E-state index in [4.69, 9.17) is 23.2 Å². The van der Waals surface area contributed by atoms with E-state index < -0.39 is 0 Å². The fourth-order valence-electron chi connectivity index (χ4n) is 3.51. The van der Waals surface area contributed by atoms with E-state index in [9.17, 15) is 5.11 Å². The van der Waals surface area contributed by atoms with Crippen LogP contribution in [0.3, 0.4) is 0 Å². The molecule has 4 heteroatoms. The van der Waals surface area contributed by atoms with Crippen molar-refractivity contribution >= 4 is 23.2 Å². The minimum Gasteiger partial charge on any atom is -0.392 e. The number of hydrogen-bond acceptors (Lipinski definition) is 2. The Kier molecular flexibility index (Phi) is 4.98. The van der Waals surface area contributed by atoms with Gasteiger partial charge in [0.05, 0.1) is 6.10 Å². The molecule has 3 rings (SSSR count). The topological polar surface area (TPSA) is 32.3 Å². The van der Waals surface area contributed by atoms with Crippen LogP contribution < -0.4 is 5.32 Å². The molecule has 0 aliphatic carbocycles. The smallest absolute Gasteiger partial charge is 0.0627 e. The molecule has 0 radical (unpaired) electrons.